The highest BCUT2D eigenvalue weighted by atomic mass is 32.2. The van der Waals surface area contributed by atoms with E-state index in [1.165, 1.54) is 33.5 Å². The molecular weight excluding hydrogens is 354 g/mol. The fraction of sp³-hybridized carbons (Fsp3) is 0.222. The van der Waals surface area contributed by atoms with E-state index in [1.54, 1.807) is 38.4 Å². The SMILES string of the molecule is CN(C)C(=O)[C@@H]1CN(S(=O)(=O)c2ccc(C#N)cc2)c2ccccc2O1. The molecule has 1 atom stereocenters. The zero-order valence-corrected chi connectivity index (χ0v) is 15.1. The summed E-state index contributed by atoms with van der Waals surface area (Å²) in [6.07, 6.45) is -0.937. The molecule has 0 aromatic heterocycles. The van der Waals surface area contributed by atoms with Crippen LogP contribution < -0.4 is 9.04 Å². The monoisotopic (exact) mass is 371 g/mol. The molecule has 1 aliphatic heterocycles. The van der Waals surface area contributed by atoms with Crippen LogP contribution in [0, 0.1) is 11.3 Å². The molecule has 0 saturated carbocycles. The van der Waals surface area contributed by atoms with Gasteiger partial charge in [-0.05, 0) is 36.4 Å². The molecule has 8 heteroatoms. The Kier molecular flexibility index (Phi) is 4.57. The average molecular weight is 371 g/mol. The number of benzene rings is 2. The maximum atomic E-state index is 13.2. The van der Waals surface area contributed by atoms with Gasteiger partial charge in [-0.3, -0.25) is 9.10 Å². The third kappa shape index (κ3) is 3.09. The van der Waals surface area contributed by atoms with E-state index >= 15 is 0 Å². The van der Waals surface area contributed by atoms with Crippen molar-refractivity contribution in [2.45, 2.75) is 11.0 Å². The van der Waals surface area contributed by atoms with Gasteiger partial charge >= 0.3 is 0 Å². The zero-order chi connectivity index (χ0) is 18.9. The molecule has 0 fully saturated rings. The highest BCUT2D eigenvalue weighted by Gasteiger charge is 2.37. The number of fused-ring (bicyclic) bond motifs is 1. The number of amides is 1. The van der Waals surface area contributed by atoms with Crippen LogP contribution in [0.4, 0.5) is 5.69 Å². The summed E-state index contributed by atoms with van der Waals surface area (Å²) in [6.45, 7) is -0.129. The number of nitrogens with zero attached hydrogens (tertiary/aromatic N) is 3. The number of ether oxygens (including phenoxy) is 1. The maximum Gasteiger partial charge on any atom is 0.265 e. The molecule has 26 heavy (non-hydrogen) atoms. The predicted molar refractivity (Wildman–Crippen MR) is 95.2 cm³/mol. The molecule has 0 radical (unpaired) electrons. The summed E-state index contributed by atoms with van der Waals surface area (Å²) in [5.41, 5.74) is 0.742. The normalized spacial score (nSPS) is 16.2. The molecule has 0 bridgehead atoms. The van der Waals surface area contributed by atoms with Gasteiger partial charge in [0.25, 0.3) is 15.9 Å². The van der Waals surface area contributed by atoms with Crippen LogP contribution in [-0.2, 0) is 14.8 Å². The van der Waals surface area contributed by atoms with Crippen molar-refractivity contribution in [1.82, 2.24) is 4.90 Å². The van der Waals surface area contributed by atoms with Gasteiger partial charge in [-0.1, -0.05) is 12.1 Å². The molecule has 3 rings (SSSR count). The summed E-state index contributed by atoms with van der Waals surface area (Å²) in [7, 11) is -0.741. The summed E-state index contributed by atoms with van der Waals surface area (Å²) in [6, 6.07) is 14.3. The van der Waals surface area contributed by atoms with E-state index in [4.69, 9.17) is 10.00 Å². The van der Waals surface area contributed by atoms with Crippen LogP contribution in [0.15, 0.2) is 53.4 Å². The van der Waals surface area contributed by atoms with Gasteiger partial charge < -0.3 is 9.64 Å². The first-order valence-corrected chi connectivity index (χ1v) is 9.28. The Morgan fingerprint density at radius 1 is 1.19 bits per heavy atom. The van der Waals surface area contributed by atoms with Crippen molar-refractivity contribution in [1.29, 1.82) is 5.26 Å². The Morgan fingerprint density at radius 2 is 1.85 bits per heavy atom. The van der Waals surface area contributed by atoms with Crippen molar-refractivity contribution in [2.75, 3.05) is 24.9 Å². The Morgan fingerprint density at radius 3 is 2.46 bits per heavy atom. The summed E-state index contributed by atoms with van der Waals surface area (Å²) in [5.74, 6) is 0.00991. The molecule has 134 valence electrons. The van der Waals surface area contributed by atoms with Crippen LogP contribution in [0.2, 0.25) is 0 Å². The molecule has 0 N–H and O–H groups in total. The van der Waals surface area contributed by atoms with Gasteiger partial charge in [-0.2, -0.15) is 5.26 Å². The number of anilines is 1. The van der Waals surface area contributed by atoms with E-state index < -0.39 is 16.1 Å². The molecular formula is C18H17N3O4S. The Balaban J connectivity index is 2.06. The number of hydrogen-bond donors (Lipinski definition) is 0. The number of para-hydroxylation sites is 2. The van der Waals surface area contributed by atoms with Crippen LogP contribution in [0.5, 0.6) is 5.75 Å². The topological polar surface area (TPSA) is 90.7 Å². The van der Waals surface area contributed by atoms with E-state index in [0.717, 1.165) is 0 Å². The fourth-order valence-corrected chi connectivity index (χ4v) is 4.15. The Labute approximate surface area is 152 Å². The van der Waals surface area contributed by atoms with Gasteiger partial charge in [0, 0.05) is 14.1 Å². The van der Waals surface area contributed by atoms with E-state index in [-0.39, 0.29) is 17.3 Å². The molecule has 1 aliphatic rings. The van der Waals surface area contributed by atoms with Crippen molar-refractivity contribution in [3.63, 3.8) is 0 Å². The first-order chi connectivity index (χ1) is 12.3. The summed E-state index contributed by atoms with van der Waals surface area (Å²) in [5, 5.41) is 8.89. The molecule has 0 aliphatic carbocycles. The average Bonchev–Trinajstić information content (AvgIpc) is 2.66. The van der Waals surface area contributed by atoms with Crippen LogP contribution in [0.1, 0.15) is 5.56 Å². The standard InChI is InChI=1S/C18H17N3O4S/c1-20(2)18(22)17-12-21(15-5-3-4-6-16(15)25-17)26(23,24)14-9-7-13(11-19)8-10-14/h3-10,17H,12H2,1-2H3/t17-/m0/s1. The molecule has 0 unspecified atom stereocenters. The molecule has 1 heterocycles. The molecule has 2 aromatic rings. The van der Waals surface area contributed by atoms with Gasteiger partial charge in [-0.25, -0.2) is 8.42 Å². The highest BCUT2D eigenvalue weighted by Crippen LogP contribution is 2.37. The van der Waals surface area contributed by atoms with Crippen LogP contribution in [-0.4, -0.2) is 46.0 Å². The van der Waals surface area contributed by atoms with E-state index in [2.05, 4.69) is 0 Å². The number of carbonyl (C=O) groups excluding carboxylic acids is 1. The van der Waals surface area contributed by atoms with Gasteiger partial charge in [0.1, 0.15) is 5.75 Å². The molecule has 0 saturated heterocycles. The smallest absolute Gasteiger partial charge is 0.265 e. The van der Waals surface area contributed by atoms with E-state index in [9.17, 15) is 13.2 Å². The number of sulfonamides is 1. The minimum Gasteiger partial charge on any atom is -0.476 e. The summed E-state index contributed by atoms with van der Waals surface area (Å²) < 4.78 is 33.2. The largest absolute Gasteiger partial charge is 0.476 e. The highest BCUT2D eigenvalue weighted by molar-refractivity contribution is 7.92. The van der Waals surface area contributed by atoms with Crippen molar-refractivity contribution in [3.05, 3.63) is 54.1 Å². The quantitative estimate of drug-likeness (QED) is 0.817. The molecule has 1 amide bonds. The number of carbonyl (C=O) groups is 1. The molecule has 7 nitrogen and oxygen atoms in total. The maximum absolute atomic E-state index is 13.2. The van der Waals surface area contributed by atoms with E-state index in [0.29, 0.717) is 17.0 Å². The van der Waals surface area contributed by atoms with Crippen molar-refractivity contribution >= 4 is 21.6 Å². The van der Waals surface area contributed by atoms with Crippen molar-refractivity contribution in [3.8, 4) is 11.8 Å². The summed E-state index contributed by atoms with van der Waals surface area (Å²) in [4.78, 5) is 13.8. The number of rotatable bonds is 3. The van der Waals surface area contributed by atoms with Crippen LogP contribution in [0.3, 0.4) is 0 Å². The zero-order valence-electron chi connectivity index (χ0n) is 14.3. The van der Waals surface area contributed by atoms with Gasteiger partial charge in [0.05, 0.1) is 28.8 Å². The van der Waals surface area contributed by atoms with Crippen LogP contribution >= 0.6 is 0 Å². The molecule has 2 aromatic carbocycles. The third-order valence-electron chi connectivity index (χ3n) is 4.02. The van der Waals surface area contributed by atoms with E-state index in [1.807, 2.05) is 6.07 Å². The lowest BCUT2D eigenvalue weighted by Gasteiger charge is -2.35. The lowest BCUT2D eigenvalue weighted by atomic mass is 10.2. The Bertz CT molecular complexity index is 978. The number of nitriles is 1. The first kappa shape index (κ1) is 17.8. The second kappa shape index (κ2) is 6.69. The second-order valence-corrected chi connectivity index (χ2v) is 7.84. The van der Waals surface area contributed by atoms with Gasteiger partial charge in [-0.15, -0.1) is 0 Å². The third-order valence-corrected chi connectivity index (χ3v) is 5.82. The van der Waals surface area contributed by atoms with Gasteiger partial charge in [0.15, 0.2) is 6.10 Å². The number of likely N-dealkylation sites (N-methyl/N-ethyl adjacent to an activating group) is 1. The van der Waals surface area contributed by atoms with Crippen molar-refractivity contribution in [2.24, 2.45) is 0 Å². The summed E-state index contributed by atoms with van der Waals surface area (Å²) >= 11 is 0. The second-order valence-electron chi connectivity index (χ2n) is 5.98. The minimum atomic E-state index is -3.92. The predicted octanol–water partition coefficient (Wildman–Crippen LogP) is 1.60. The lowest BCUT2D eigenvalue weighted by molar-refractivity contribution is -0.135. The van der Waals surface area contributed by atoms with Crippen molar-refractivity contribution < 1.29 is 17.9 Å². The number of hydrogen-bond acceptors (Lipinski definition) is 5. The fourth-order valence-electron chi connectivity index (χ4n) is 2.68. The van der Waals surface area contributed by atoms with Crippen LogP contribution in [0.25, 0.3) is 0 Å². The molecule has 0 spiro atoms. The Hall–Kier alpha value is -3.05. The van der Waals surface area contributed by atoms with Gasteiger partial charge in [0.2, 0.25) is 0 Å². The minimum absolute atomic E-state index is 0.0456. The lowest BCUT2D eigenvalue weighted by Crippen LogP contribution is -2.50. The first-order valence-electron chi connectivity index (χ1n) is 7.84.